The van der Waals surface area contributed by atoms with Crippen molar-refractivity contribution < 1.29 is 4.39 Å². The van der Waals surface area contributed by atoms with Crippen LogP contribution in [-0.2, 0) is 6.54 Å². The van der Waals surface area contributed by atoms with E-state index in [0.717, 1.165) is 51.9 Å². The van der Waals surface area contributed by atoms with Crippen molar-refractivity contribution in [3.63, 3.8) is 0 Å². The van der Waals surface area contributed by atoms with Gasteiger partial charge in [-0.25, -0.2) is 23.6 Å². The summed E-state index contributed by atoms with van der Waals surface area (Å²) < 4.78 is 18.3. The van der Waals surface area contributed by atoms with Crippen molar-refractivity contribution in [1.82, 2.24) is 39.1 Å². The van der Waals surface area contributed by atoms with Crippen LogP contribution in [0.2, 0.25) is 0 Å². The van der Waals surface area contributed by atoms with Gasteiger partial charge in [-0.2, -0.15) is 20.6 Å². The zero-order valence-electron chi connectivity index (χ0n) is 22.1. The summed E-state index contributed by atoms with van der Waals surface area (Å²) in [6.07, 6.45) is 13.3. The van der Waals surface area contributed by atoms with Gasteiger partial charge in [-0.1, -0.05) is 6.07 Å². The standard InChI is InChI=1S/C29H25FN10/c1-4-38-16-24(14-34-38)22-9-26(29-23(10-31)13-35-40(29)17-22)21-6-7-27(32-12-21)37(3)19(2)20-5-8-28(33-11-20)39-18-25(30)15-36-39/h5-9,11-19H,4H2,1-3H3/t19-/m0/s1. The van der Waals surface area contributed by atoms with E-state index >= 15 is 0 Å². The molecule has 6 heterocycles. The summed E-state index contributed by atoms with van der Waals surface area (Å²) in [7, 11) is 1.97. The first-order valence-electron chi connectivity index (χ1n) is 12.7. The predicted molar refractivity (Wildman–Crippen MR) is 148 cm³/mol. The number of nitrogens with zero attached hydrogens (tertiary/aromatic N) is 10. The maximum atomic E-state index is 13.3. The van der Waals surface area contributed by atoms with E-state index in [9.17, 15) is 9.65 Å². The Kier molecular flexibility index (Phi) is 6.28. The van der Waals surface area contributed by atoms with E-state index in [2.05, 4.69) is 44.2 Å². The molecule has 0 amide bonds. The molecule has 0 bridgehead atoms. The Morgan fingerprint density at radius 2 is 1.80 bits per heavy atom. The fourth-order valence-corrected chi connectivity index (χ4v) is 4.65. The van der Waals surface area contributed by atoms with Gasteiger partial charge in [0.05, 0.1) is 41.9 Å². The van der Waals surface area contributed by atoms with Crippen LogP contribution in [-0.4, -0.2) is 46.2 Å². The summed E-state index contributed by atoms with van der Waals surface area (Å²) >= 11 is 0. The molecule has 6 aromatic heterocycles. The summed E-state index contributed by atoms with van der Waals surface area (Å²) in [5, 5.41) is 22.5. The quantitative estimate of drug-likeness (QED) is 0.283. The first kappa shape index (κ1) is 24.9. The predicted octanol–water partition coefficient (Wildman–Crippen LogP) is 5.07. The van der Waals surface area contributed by atoms with Gasteiger partial charge in [0.15, 0.2) is 11.6 Å². The molecule has 0 unspecified atom stereocenters. The van der Waals surface area contributed by atoms with Crippen LogP contribution in [0.1, 0.15) is 31.0 Å². The minimum absolute atomic E-state index is 0.0283. The molecular formula is C29H25FN10. The number of hydrogen-bond acceptors (Lipinski definition) is 7. The highest BCUT2D eigenvalue weighted by Gasteiger charge is 2.17. The van der Waals surface area contributed by atoms with Crippen LogP contribution in [0.25, 0.3) is 33.6 Å². The van der Waals surface area contributed by atoms with Crippen LogP contribution in [0.4, 0.5) is 10.2 Å². The van der Waals surface area contributed by atoms with E-state index in [1.54, 1.807) is 16.9 Å². The first-order chi connectivity index (χ1) is 19.4. The van der Waals surface area contributed by atoms with E-state index in [4.69, 9.17) is 4.98 Å². The first-order valence-corrected chi connectivity index (χ1v) is 12.7. The molecule has 11 heteroatoms. The number of pyridine rings is 3. The average molecular weight is 533 g/mol. The maximum absolute atomic E-state index is 13.3. The van der Waals surface area contributed by atoms with Crippen molar-refractivity contribution in [3.8, 4) is 34.1 Å². The number of rotatable bonds is 7. The lowest BCUT2D eigenvalue weighted by Gasteiger charge is -2.26. The SMILES string of the molecule is CCn1cc(-c2cc(-c3ccc(N(C)[C@@H](C)c4ccc(-n5cc(F)cn5)nc4)nc3)c3c(C#N)cnn3c2)cn1. The Balaban J connectivity index is 1.30. The molecule has 0 aromatic carbocycles. The third kappa shape index (κ3) is 4.45. The topological polar surface area (TPSA) is 106 Å². The minimum atomic E-state index is -0.411. The monoisotopic (exact) mass is 532 g/mol. The van der Waals surface area contributed by atoms with Crippen molar-refractivity contribution in [2.75, 3.05) is 11.9 Å². The van der Waals surface area contributed by atoms with Crippen LogP contribution >= 0.6 is 0 Å². The summed E-state index contributed by atoms with van der Waals surface area (Å²) in [6, 6.07) is 12.0. The zero-order chi connectivity index (χ0) is 27.8. The lowest BCUT2D eigenvalue weighted by molar-refractivity contribution is 0.627. The molecule has 0 saturated heterocycles. The molecule has 0 aliphatic carbocycles. The largest absolute Gasteiger partial charge is 0.353 e. The fraction of sp³-hybridized carbons (Fsp3) is 0.172. The van der Waals surface area contributed by atoms with Crippen molar-refractivity contribution in [2.24, 2.45) is 0 Å². The number of fused-ring (bicyclic) bond motifs is 1. The molecule has 1 atom stereocenters. The third-order valence-electron chi connectivity index (χ3n) is 7.06. The Hall–Kier alpha value is -5.37. The molecule has 0 spiro atoms. The van der Waals surface area contributed by atoms with Crippen LogP contribution in [0, 0.1) is 17.1 Å². The third-order valence-corrected chi connectivity index (χ3v) is 7.06. The number of anilines is 1. The molecule has 0 aliphatic rings. The van der Waals surface area contributed by atoms with Gasteiger partial charge in [-0.05, 0) is 43.7 Å². The number of hydrogen-bond donors (Lipinski definition) is 0. The van der Waals surface area contributed by atoms with Crippen molar-refractivity contribution in [2.45, 2.75) is 26.4 Å². The van der Waals surface area contributed by atoms with Gasteiger partial charge >= 0.3 is 0 Å². The van der Waals surface area contributed by atoms with Crippen LogP contribution in [0.15, 0.2) is 79.9 Å². The number of aryl methyl sites for hydroxylation is 1. The molecule has 198 valence electrons. The van der Waals surface area contributed by atoms with E-state index < -0.39 is 5.82 Å². The summed E-state index contributed by atoms with van der Waals surface area (Å²) in [6.45, 7) is 4.88. The highest BCUT2D eigenvalue weighted by molar-refractivity contribution is 5.87. The van der Waals surface area contributed by atoms with Crippen LogP contribution in [0.5, 0.6) is 0 Å². The molecule has 0 N–H and O–H groups in total. The fourth-order valence-electron chi connectivity index (χ4n) is 4.65. The molecule has 40 heavy (non-hydrogen) atoms. The highest BCUT2D eigenvalue weighted by Crippen LogP contribution is 2.33. The van der Waals surface area contributed by atoms with E-state index in [1.807, 2.05) is 67.7 Å². The van der Waals surface area contributed by atoms with E-state index in [0.29, 0.717) is 11.4 Å². The summed E-state index contributed by atoms with van der Waals surface area (Å²) in [5.74, 6) is 0.905. The molecule has 6 aromatic rings. The second-order valence-electron chi connectivity index (χ2n) is 9.44. The van der Waals surface area contributed by atoms with Crippen molar-refractivity contribution in [1.29, 1.82) is 5.26 Å². The maximum Gasteiger partial charge on any atom is 0.161 e. The number of halogens is 1. The van der Waals surface area contributed by atoms with Gasteiger partial charge in [0, 0.05) is 60.6 Å². The molecule has 0 aliphatic heterocycles. The van der Waals surface area contributed by atoms with Crippen LogP contribution in [0.3, 0.4) is 0 Å². The Labute approximate surface area is 229 Å². The summed E-state index contributed by atoms with van der Waals surface area (Å²) in [4.78, 5) is 11.3. The number of aromatic nitrogens is 8. The normalized spacial score (nSPS) is 12.0. The molecule has 6 rings (SSSR count). The molecule has 0 fully saturated rings. The minimum Gasteiger partial charge on any atom is -0.353 e. The Morgan fingerprint density at radius 1 is 0.925 bits per heavy atom. The van der Waals surface area contributed by atoms with Crippen molar-refractivity contribution >= 4 is 11.3 Å². The van der Waals surface area contributed by atoms with Crippen LogP contribution < -0.4 is 4.90 Å². The highest BCUT2D eigenvalue weighted by atomic mass is 19.1. The van der Waals surface area contributed by atoms with Gasteiger partial charge in [0.25, 0.3) is 0 Å². The molecule has 0 saturated carbocycles. The second-order valence-corrected chi connectivity index (χ2v) is 9.44. The molecule has 10 nitrogen and oxygen atoms in total. The van der Waals surface area contributed by atoms with Gasteiger partial charge in [0.2, 0.25) is 0 Å². The number of nitriles is 1. The van der Waals surface area contributed by atoms with Gasteiger partial charge < -0.3 is 4.90 Å². The van der Waals surface area contributed by atoms with E-state index in [1.165, 1.54) is 10.9 Å². The van der Waals surface area contributed by atoms with Gasteiger partial charge in [0.1, 0.15) is 11.9 Å². The van der Waals surface area contributed by atoms with E-state index in [-0.39, 0.29) is 6.04 Å². The molecule has 0 radical (unpaired) electrons. The lowest BCUT2D eigenvalue weighted by atomic mass is 10.0. The molecular weight excluding hydrogens is 507 g/mol. The van der Waals surface area contributed by atoms with Crippen molar-refractivity contribution in [3.05, 3.63) is 96.9 Å². The Bertz CT molecular complexity index is 1840. The van der Waals surface area contributed by atoms with Gasteiger partial charge in [-0.15, -0.1) is 0 Å². The van der Waals surface area contributed by atoms with Gasteiger partial charge in [-0.3, -0.25) is 4.68 Å². The second kappa shape index (κ2) is 10.1. The Morgan fingerprint density at radius 3 is 2.45 bits per heavy atom. The summed E-state index contributed by atoms with van der Waals surface area (Å²) in [5.41, 5.74) is 5.84. The average Bonchev–Trinajstić information content (AvgIpc) is 3.75. The lowest BCUT2D eigenvalue weighted by Crippen LogP contribution is -2.22. The zero-order valence-corrected chi connectivity index (χ0v) is 22.1. The smallest absolute Gasteiger partial charge is 0.161 e.